The lowest BCUT2D eigenvalue weighted by Gasteiger charge is -2.29. The second kappa shape index (κ2) is 7.08. The minimum absolute atomic E-state index is 0. The molecule has 5 rings (SSSR count). The SMILES string of the molecule is COc1ccc(C2=NC3=C(CCOc4ccccc43)C3=NCCN32)cc1.Cl. The molecule has 2 aromatic rings. The summed E-state index contributed by atoms with van der Waals surface area (Å²) in [5, 5.41) is 0. The fourth-order valence-electron chi connectivity index (χ4n) is 3.72. The van der Waals surface area contributed by atoms with Gasteiger partial charge in [-0.05, 0) is 36.4 Å². The number of halogens is 1. The average molecular weight is 382 g/mol. The Kier molecular flexibility index (Phi) is 4.62. The first kappa shape index (κ1) is 17.6. The quantitative estimate of drug-likeness (QED) is 0.795. The van der Waals surface area contributed by atoms with Gasteiger partial charge in [0.25, 0.3) is 0 Å². The van der Waals surface area contributed by atoms with Gasteiger partial charge in [0, 0.05) is 29.7 Å². The van der Waals surface area contributed by atoms with Crippen molar-refractivity contribution in [2.75, 3.05) is 26.8 Å². The van der Waals surface area contributed by atoms with Crippen LogP contribution in [-0.2, 0) is 0 Å². The lowest BCUT2D eigenvalue weighted by molar-refractivity contribution is 0.325. The van der Waals surface area contributed by atoms with Gasteiger partial charge in [-0.25, -0.2) is 4.99 Å². The molecule has 2 aromatic carbocycles. The number of methoxy groups -OCH3 is 1. The van der Waals surface area contributed by atoms with Crippen LogP contribution in [0, 0.1) is 0 Å². The van der Waals surface area contributed by atoms with Gasteiger partial charge in [0.2, 0.25) is 0 Å². The minimum Gasteiger partial charge on any atom is -0.497 e. The molecule has 27 heavy (non-hydrogen) atoms. The third-order valence-electron chi connectivity index (χ3n) is 4.97. The summed E-state index contributed by atoms with van der Waals surface area (Å²) in [4.78, 5) is 12.1. The summed E-state index contributed by atoms with van der Waals surface area (Å²) in [6, 6.07) is 16.2. The fourth-order valence-corrected chi connectivity index (χ4v) is 3.72. The number of fused-ring (bicyclic) bond motifs is 4. The number of nitrogens with zero attached hydrogens (tertiary/aromatic N) is 3. The summed E-state index contributed by atoms with van der Waals surface area (Å²) in [5.41, 5.74) is 4.28. The molecule has 3 aliphatic rings. The maximum atomic E-state index is 5.96. The number of hydrogen-bond acceptors (Lipinski definition) is 5. The van der Waals surface area contributed by atoms with E-state index in [-0.39, 0.29) is 12.4 Å². The van der Waals surface area contributed by atoms with Crippen LogP contribution in [0.3, 0.4) is 0 Å². The van der Waals surface area contributed by atoms with Crippen molar-refractivity contribution in [1.29, 1.82) is 0 Å². The largest absolute Gasteiger partial charge is 0.497 e. The molecular weight excluding hydrogens is 362 g/mol. The van der Waals surface area contributed by atoms with Gasteiger partial charge in [0.15, 0.2) is 0 Å². The zero-order valence-electron chi connectivity index (χ0n) is 15.0. The maximum absolute atomic E-state index is 5.96. The highest BCUT2D eigenvalue weighted by molar-refractivity contribution is 6.22. The van der Waals surface area contributed by atoms with Crippen LogP contribution in [0.2, 0.25) is 0 Å². The van der Waals surface area contributed by atoms with Gasteiger partial charge in [0.05, 0.1) is 26.0 Å². The Morgan fingerprint density at radius 1 is 1.04 bits per heavy atom. The van der Waals surface area contributed by atoms with Gasteiger partial charge in [0.1, 0.15) is 23.2 Å². The number of rotatable bonds is 2. The van der Waals surface area contributed by atoms with Crippen LogP contribution in [0.25, 0.3) is 5.70 Å². The minimum atomic E-state index is 0. The molecule has 0 atom stereocenters. The van der Waals surface area contributed by atoms with E-state index in [1.807, 2.05) is 30.3 Å². The van der Waals surface area contributed by atoms with Crippen molar-refractivity contribution in [3.63, 3.8) is 0 Å². The van der Waals surface area contributed by atoms with Gasteiger partial charge in [-0.1, -0.05) is 12.1 Å². The number of benzene rings is 2. The van der Waals surface area contributed by atoms with Crippen molar-refractivity contribution in [3.8, 4) is 11.5 Å². The standard InChI is InChI=1S/C21H19N3O2.ClH/c1-25-15-8-6-14(7-9-15)20-23-19-16-4-2-3-5-18(16)26-13-10-17(19)21-22-11-12-24(20)21;/h2-9H,10-13H2,1H3;1H. The molecule has 0 bridgehead atoms. The Morgan fingerprint density at radius 2 is 1.85 bits per heavy atom. The molecule has 0 aromatic heterocycles. The topological polar surface area (TPSA) is 46.4 Å². The molecule has 3 heterocycles. The number of aliphatic imine (C=N–C) groups is 2. The van der Waals surface area contributed by atoms with Crippen molar-refractivity contribution in [1.82, 2.24) is 4.90 Å². The third-order valence-corrected chi connectivity index (χ3v) is 4.97. The molecule has 0 N–H and O–H groups in total. The number of para-hydroxylation sites is 1. The highest BCUT2D eigenvalue weighted by atomic mass is 35.5. The van der Waals surface area contributed by atoms with Gasteiger partial charge in [-0.2, -0.15) is 0 Å². The summed E-state index contributed by atoms with van der Waals surface area (Å²) in [6.45, 7) is 2.30. The van der Waals surface area contributed by atoms with Crippen molar-refractivity contribution in [2.45, 2.75) is 6.42 Å². The highest BCUT2D eigenvalue weighted by Crippen LogP contribution is 2.38. The van der Waals surface area contributed by atoms with Crippen molar-refractivity contribution >= 4 is 29.8 Å². The molecule has 0 aliphatic carbocycles. The van der Waals surface area contributed by atoms with Crippen molar-refractivity contribution in [2.24, 2.45) is 9.98 Å². The molecule has 0 saturated heterocycles. The molecule has 5 nitrogen and oxygen atoms in total. The van der Waals surface area contributed by atoms with Gasteiger partial charge < -0.3 is 14.4 Å². The van der Waals surface area contributed by atoms with E-state index < -0.39 is 0 Å². The molecule has 0 unspecified atom stereocenters. The van der Waals surface area contributed by atoms with E-state index in [1.165, 1.54) is 5.57 Å². The molecule has 138 valence electrons. The van der Waals surface area contributed by atoms with Gasteiger partial charge in [-0.15, -0.1) is 12.4 Å². The Balaban J connectivity index is 0.00000180. The average Bonchev–Trinajstić information content (AvgIpc) is 3.11. The summed E-state index contributed by atoms with van der Waals surface area (Å²) < 4.78 is 11.2. The van der Waals surface area contributed by atoms with Crippen LogP contribution >= 0.6 is 12.4 Å². The van der Waals surface area contributed by atoms with Crippen LogP contribution in [0.1, 0.15) is 17.5 Å². The van der Waals surface area contributed by atoms with Crippen LogP contribution in [0.4, 0.5) is 0 Å². The van der Waals surface area contributed by atoms with E-state index in [9.17, 15) is 0 Å². The maximum Gasteiger partial charge on any atom is 0.142 e. The second-order valence-corrected chi connectivity index (χ2v) is 6.44. The highest BCUT2D eigenvalue weighted by Gasteiger charge is 2.34. The smallest absolute Gasteiger partial charge is 0.142 e. The van der Waals surface area contributed by atoms with Crippen LogP contribution in [-0.4, -0.2) is 43.4 Å². The molecule has 3 aliphatic heterocycles. The van der Waals surface area contributed by atoms with Gasteiger partial charge in [-0.3, -0.25) is 4.99 Å². The molecule has 0 amide bonds. The summed E-state index contributed by atoms with van der Waals surface area (Å²) in [5.74, 6) is 3.72. The van der Waals surface area contributed by atoms with E-state index in [4.69, 9.17) is 19.5 Å². The normalized spacial score (nSPS) is 17.4. The van der Waals surface area contributed by atoms with E-state index in [0.29, 0.717) is 6.61 Å². The second-order valence-electron chi connectivity index (χ2n) is 6.44. The number of hydrogen-bond donors (Lipinski definition) is 0. The lowest BCUT2D eigenvalue weighted by atomic mass is 10.00. The number of amidine groups is 2. The Hall–Kier alpha value is -2.79. The first-order valence-corrected chi connectivity index (χ1v) is 8.86. The molecule has 0 saturated carbocycles. The van der Waals surface area contributed by atoms with E-state index >= 15 is 0 Å². The van der Waals surface area contributed by atoms with Crippen molar-refractivity contribution in [3.05, 3.63) is 65.2 Å². The fraction of sp³-hybridized carbons (Fsp3) is 0.238. The molecule has 0 spiro atoms. The predicted molar refractivity (Wildman–Crippen MR) is 109 cm³/mol. The summed E-state index contributed by atoms with van der Waals surface area (Å²) in [6.07, 6.45) is 0.818. The first-order chi connectivity index (χ1) is 12.8. The zero-order chi connectivity index (χ0) is 17.5. The molecule has 0 radical (unpaired) electrons. The lowest BCUT2D eigenvalue weighted by Crippen LogP contribution is -2.38. The van der Waals surface area contributed by atoms with Crippen LogP contribution in [0.15, 0.2) is 64.1 Å². The van der Waals surface area contributed by atoms with Crippen LogP contribution < -0.4 is 9.47 Å². The molecular formula is C21H20ClN3O2. The Labute approximate surface area is 164 Å². The summed E-state index contributed by atoms with van der Waals surface area (Å²) in [7, 11) is 1.68. The van der Waals surface area contributed by atoms with E-state index in [1.54, 1.807) is 7.11 Å². The van der Waals surface area contributed by atoms with E-state index in [0.717, 1.165) is 59.5 Å². The van der Waals surface area contributed by atoms with Crippen molar-refractivity contribution < 1.29 is 9.47 Å². The van der Waals surface area contributed by atoms with E-state index in [2.05, 4.69) is 23.1 Å². The Morgan fingerprint density at radius 3 is 2.67 bits per heavy atom. The summed E-state index contributed by atoms with van der Waals surface area (Å²) >= 11 is 0. The Bertz CT molecular complexity index is 964. The molecule has 6 heteroatoms. The third kappa shape index (κ3) is 2.88. The zero-order valence-corrected chi connectivity index (χ0v) is 15.8. The molecule has 0 fully saturated rings. The predicted octanol–water partition coefficient (Wildman–Crippen LogP) is 3.79. The monoisotopic (exact) mass is 381 g/mol. The van der Waals surface area contributed by atoms with Gasteiger partial charge >= 0.3 is 0 Å². The van der Waals surface area contributed by atoms with Crippen LogP contribution in [0.5, 0.6) is 11.5 Å². The number of ether oxygens (including phenoxy) is 2. The first-order valence-electron chi connectivity index (χ1n) is 8.86.